The Morgan fingerprint density at radius 1 is 0.737 bits per heavy atom. The van der Waals surface area contributed by atoms with Gasteiger partial charge in [0.25, 0.3) is 11.8 Å². The van der Waals surface area contributed by atoms with E-state index in [1.807, 2.05) is 0 Å². The maximum absolute atomic E-state index is 12.3. The molecule has 2 aliphatic heterocycles. The number of rotatable bonds is 1. The normalized spacial score (nSPS) is 27.4. The molecule has 2 heterocycles. The summed E-state index contributed by atoms with van der Waals surface area (Å²) in [7, 11) is 0. The number of fused-ring (bicyclic) bond motifs is 1. The van der Waals surface area contributed by atoms with E-state index in [1.165, 1.54) is 19.3 Å². The molecule has 2 amide bonds. The number of carbonyl (C=O) groups excluding carboxylic acids is 2. The molecular formula is C14H23N3O2. The number of hydrazine groups is 1. The van der Waals surface area contributed by atoms with Crippen molar-refractivity contribution in [1.29, 1.82) is 0 Å². The number of amides is 2. The summed E-state index contributed by atoms with van der Waals surface area (Å²) < 4.78 is 0. The summed E-state index contributed by atoms with van der Waals surface area (Å²) in [5.41, 5.74) is 0. The second-order valence-corrected chi connectivity index (χ2v) is 5.94. The number of carbonyl (C=O) groups is 2. The Labute approximate surface area is 114 Å². The standard InChI is InChI=1S/C14H23N3O2/c18-13-10-15(12-6-2-1-3-7-12)11-14(19)17-9-5-4-8-16(13)17/h12H,1-11H2. The van der Waals surface area contributed by atoms with Crippen LogP contribution < -0.4 is 0 Å². The molecule has 0 radical (unpaired) electrons. The molecule has 3 aliphatic rings. The second-order valence-electron chi connectivity index (χ2n) is 5.94. The molecule has 5 nitrogen and oxygen atoms in total. The van der Waals surface area contributed by atoms with E-state index in [9.17, 15) is 9.59 Å². The highest BCUT2D eigenvalue weighted by atomic mass is 16.2. The van der Waals surface area contributed by atoms with Crippen LogP contribution in [0, 0.1) is 0 Å². The minimum Gasteiger partial charge on any atom is -0.282 e. The predicted octanol–water partition coefficient (Wildman–Crippen LogP) is 1.00. The van der Waals surface area contributed by atoms with Gasteiger partial charge in [-0.3, -0.25) is 24.5 Å². The molecule has 1 aliphatic carbocycles. The van der Waals surface area contributed by atoms with Crippen LogP contribution in [-0.2, 0) is 9.59 Å². The molecule has 3 rings (SSSR count). The van der Waals surface area contributed by atoms with Gasteiger partial charge in [-0.25, -0.2) is 0 Å². The summed E-state index contributed by atoms with van der Waals surface area (Å²) in [6.45, 7) is 2.27. The maximum atomic E-state index is 12.3. The summed E-state index contributed by atoms with van der Waals surface area (Å²) in [5.74, 6) is 0.215. The van der Waals surface area contributed by atoms with Gasteiger partial charge < -0.3 is 0 Å². The third-order valence-electron chi connectivity index (χ3n) is 4.62. The zero-order valence-electron chi connectivity index (χ0n) is 11.5. The van der Waals surface area contributed by atoms with E-state index in [4.69, 9.17) is 0 Å². The smallest absolute Gasteiger partial charge is 0.255 e. The van der Waals surface area contributed by atoms with Gasteiger partial charge in [0.05, 0.1) is 13.1 Å². The fourth-order valence-electron chi connectivity index (χ4n) is 3.55. The number of hydrogen-bond acceptors (Lipinski definition) is 3. The van der Waals surface area contributed by atoms with Crippen molar-refractivity contribution in [2.24, 2.45) is 0 Å². The molecule has 0 N–H and O–H groups in total. The largest absolute Gasteiger partial charge is 0.282 e. The molecular weight excluding hydrogens is 242 g/mol. The first kappa shape index (κ1) is 12.9. The van der Waals surface area contributed by atoms with Gasteiger partial charge in [-0.05, 0) is 25.7 Å². The van der Waals surface area contributed by atoms with Crippen molar-refractivity contribution in [3.8, 4) is 0 Å². The second kappa shape index (κ2) is 5.49. The summed E-state index contributed by atoms with van der Waals surface area (Å²) >= 11 is 0. The average Bonchev–Trinajstić information content (AvgIpc) is 2.59. The minimum absolute atomic E-state index is 0.108. The van der Waals surface area contributed by atoms with E-state index in [2.05, 4.69) is 4.90 Å². The van der Waals surface area contributed by atoms with Crippen molar-refractivity contribution in [3.05, 3.63) is 0 Å². The van der Waals surface area contributed by atoms with Crippen LogP contribution in [-0.4, -0.2) is 59.0 Å². The van der Waals surface area contributed by atoms with Gasteiger partial charge in [-0.1, -0.05) is 19.3 Å². The fourth-order valence-corrected chi connectivity index (χ4v) is 3.55. The van der Waals surface area contributed by atoms with E-state index >= 15 is 0 Å². The van der Waals surface area contributed by atoms with Gasteiger partial charge in [0.1, 0.15) is 0 Å². The van der Waals surface area contributed by atoms with Crippen LogP contribution in [0.15, 0.2) is 0 Å². The maximum Gasteiger partial charge on any atom is 0.255 e. The highest BCUT2D eigenvalue weighted by Gasteiger charge is 2.36. The SMILES string of the molecule is O=C1CN(C2CCCCC2)CC(=O)N2CCCCN12. The van der Waals surface area contributed by atoms with Crippen LogP contribution in [0.5, 0.6) is 0 Å². The summed E-state index contributed by atoms with van der Waals surface area (Å²) in [6, 6.07) is 0.434. The van der Waals surface area contributed by atoms with Crippen molar-refractivity contribution in [2.75, 3.05) is 26.2 Å². The monoisotopic (exact) mass is 265 g/mol. The molecule has 0 aromatic rings. The topological polar surface area (TPSA) is 43.9 Å². The molecule has 0 unspecified atom stereocenters. The van der Waals surface area contributed by atoms with Gasteiger partial charge in [-0.15, -0.1) is 0 Å². The average molecular weight is 265 g/mol. The van der Waals surface area contributed by atoms with Crippen molar-refractivity contribution in [1.82, 2.24) is 14.9 Å². The highest BCUT2D eigenvalue weighted by molar-refractivity contribution is 5.87. The summed E-state index contributed by atoms with van der Waals surface area (Å²) in [5, 5.41) is 3.38. The minimum atomic E-state index is 0.108. The zero-order chi connectivity index (χ0) is 13.2. The van der Waals surface area contributed by atoms with Crippen molar-refractivity contribution in [2.45, 2.75) is 51.0 Å². The third-order valence-corrected chi connectivity index (χ3v) is 4.62. The third kappa shape index (κ3) is 2.61. The van der Waals surface area contributed by atoms with Crippen LogP contribution in [0.2, 0.25) is 0 Å². The Morgan fingerprint density at radius 2 is 1.26 bits per heavy atom. The van der Waals surface area contributed by atoms with E-state index in [0.29, 0.717) is 32.2 Å². The summed E-state index contributed by atoms with van der Waals surface area (Å²) in [6.07, 6.45) is 8.07. The molecule has 0 aromatic heterocycles. The molecule has 3 fully saturated rings. The highest BCUT2D eigenvalue weighted by Crippen LogP contribution is 2.24. The zero-order valence-corrected chi connectivity index (χ0v) is 11.5. The molecule has 5 heteroatoms. The molecule has 0 aromatic carbocycles. The molecule has 0 bridgehead atoms. The number of hydrogen-bond donors (Lipinski definition) is 0. The summed E-state index contributed by atoms with van der Waals surface area (Å²) in [4.78, 5) is 26.8. The van der Waals surface area contributed by atoms with Crippen LogP contribution >= 0.6 is 0 Å². The van der Waals surface area contributed by atoms with Crippen LogP contribution in [0.25, 0.3) is 0 Å². The lowest BCUT2D eigenvalue weighted by molar-refractivity contribution is -0.163. The van der Waals surface area contributed by atoms with E-state index < -0.39 is 0 Å². The molecule has 2 saturated heterocycles. The predicted molar refractivity (Wildman–Crippen MR) is 71.1 cm³/mol. The van der Waals surface area contributed by atoms with E-state index in [0.717, 1.165) is 25.7 Å². The van der Waals surface area contributed by atoms with Crippen LogP contribution in [0.1, 0.15) is 44.9 Å². The lowest BCUT2D eigenvalue weighted by atomic mass is 9.94. The first-order valence-electron chi connectivity index (χ1n) is 7.60. The molecule has 0 atom stereocenters. The molecule has 106 valence electrons. The molecule has 19 heavy (non-hydrogen) atoms. The van der Waals surface area contributed by atoms with Crippen molar-refractivity contribution >= 4 is 11.8 Å². The van der Waals surface area contributed by atoms with Gasteiger partial charge in [0.2, 0.25) is 0 Å². The Morgan fingerprint density at radius 3 is 1.79 bits per heavy atom. The fraction of sp³-hybridized carbons (Fsp3) is 0.857. The Bertz CT molecular complexity index is 340. The first-order chi connectivity index (χ1) is 9.25. The van der Waals surface area contributed by atoms with E-state index in [-0.39, 0.29) is 11.8 Å². The van der Waals surface area contributed by atoms with Gasteiger partial charge in [-0.2, -0.15) is 0 Å². The Kier molecular flexibility index (Phi) is 3.73. The van der Waals surface area contributed by atoms with Crippen molar-refractivity contribution in [3.63, 3.8) is 0 Å². The molecule has 0 spiro atoms. The van der Waals surface area contributed by atoms with Crippen LogP contribution in [0.4, 0.5) is 0 Å². The van der Waals surface area contributed by atoms with Crippen molar-refractivity contribution < 1.29 is 9.59 Å². The lowest BCUT2D eigenvalue weighted by Crippen LogP contribution is -2.52. The first-order valence-corrected chi connectivity index (χ1v) is 7.60. The van der Waals surface area contributed by atoms with Gasteiger partial charge >= 0.3 is 0 Å². The Balaban J connectivity index is 1.74. The van der Waals surface area contributed by atoms with Gasteiger partial charge in [0, 0.05) is 19.1 Å². The quantitative estimate of drug-likeness (QED) is 0.710. The number of nitrogens with zero attached hydrogens (tertiary/aromatic N) is 3. The Hall–Kier alpha value is -1.10. The van der Waals surface area contributed by atoms with E-state index in [1.54, 1.807) is 10.0 Å². The van der Waals surface area contributed by atoms with Crippen LogP contribution in [0.3, 0.4) is 0 Å². The molecule has 1 saturated carbocycles. The lowest BCUT2D eigenvalue weighted by Gasteiger charge is -2.36. The van der Waals surface area contributed by atoms with Gasteiger partial charge in [0.15, 0.2) is 0 Å².